The molecule has 0 radical (unpaired) electrons. The molecule has 0 N–H and O–H groups in total. The van der Waals surface area contributed by atoms with E-state index in [1.165, 1.54) is 7.11 Å². The van der Waals surface area contributed by atoms with Crippen LogP contribution in [-0.4, -0.2) is 11.3 Å². The number of ether oxygens (including phenoxy) is 1. The minimum Gasteiger partial charge on any atom is -0.497 e. The highest BCUT2D eigenvalue weighted by molar-refractivity contribution is 7.88. The summed E-state index contributed by atoms with van der Waals surface area (Å²) in [7, 11) is -2.76. The first-order chi connectivity index (χ1) is 10.7. The summed E-state index contributed by atoms with van der Waals surface area (Å²) in [5.41, 5.74) is -0.338. The molecule has 8 heteroatoms. The van der Waals surface area contributed by atoms with E-state index in [1.807, 2.05) is 0 Å². The summed E-state index contributed by atoms with van der Waals surface area (Å²) in [6.45, 7) is -0.166. The highest BCUT2D eigenvalue weighted by Gasteiger charge is 2.30. The van der Waals surface area contributed by atoms with E-state index >= 15 is 0 Å². The number of rotatable bonds is 4. The fourth-order valence-corrected chi connectivity index (χ4v) is 2.71. The molecule has 0 saturated carbocycles. The van der Waals surface area contributed by atoms with E-state index < -0.39 is 21.9 Å². The van der Waals surface area contributed by atoms with Gasteiger partial charge in [0.1, 0.15) is 5.75 Å². The van der Waals surface area contributed by atoms with E-state index in [-0.39, 0.29) is 11.4 Å². The van der Waals surface area contributed by atoms with Crippen LogP contribution >= 0.6 is 0 Å². The van der Waals surface area contributed by atoms with Gasteiger partial charge in [0, 0.05) is 0 Å². The number of alkyl halides is 3. The molecule has 0 aromatic heterocycles. The summed E-state index contributed by atoms with van der Waals surface area (Å²) in [6.07, 6.45) is -4.53. The minimum absolute atomic E-state index is 0.166. The molecule has 0 saturated heterocycles. The van der Waals surface area contributed by atoms with Crippen molar-refractivity contribution in [2.75, 3.05) is 7.11 Å². The Balaban J connectivity index is 2.21. The summed E-state index contributed by atoms with van der Waals surface area (Å²) in [6, 6.07) is 9.57. The smallest absolute Gasteiger partial charge is 0.416 e. The van der Waals surface area contributed by atoms with Crippen LogP contribution in [0.25, 0.3) is 0 Å². The number of methoxy groups -OCH3 is 1. The Bertz CT molecular complexity index is 777. The van der Waals surface area contributed by atoms with Crippen LogP contribution in [0.15, 0.2) is 57.8 Å². The first kappa shape index (κ1) is 17.3. The lowest BCUT2D eigenvalue weighted by molar-refractivity contribution is -0.137. The molecule has 1 atom stereocenters. The highest BCUT2D eigenvalue weighted by atomic mass is 32.3. The van der Waals surface area contributed by atoms with Crippen LogP contribution in [0.5, 0.6) is 5.75 Å². The van der Waals surface area contributed by atoms with Gasteiger partial charge in [-0.15, -0.1) is 3.89 Å². The zero-order valence-corrected chi connectivity index (χ0v) is 12.8. The predicted octanol–water partition coefficient (Wildman–Crippen LogP) is 4.63. The number of benzene rings is 2. The van der Waals surface area contributed by atoms with E-state index in [0.717, 1.165) is 12.1 Å². The lowest BCUT2D eigenvalue weighted by Gasteiger charge is -2.07. The Hall–Kier alpha value is -2.09. The molecule has 124 valence electrons. The highest BCUT2D eigenvalue weighted by Crippen LogP contribution is 2.30. The Morgan fingerprint density at radius 1 is 1.04 bits per heavy atom. The normalized spacial score (nSPS) is 14.1. The van der Waals surface area contributed by atoms with Crippen molar-refractivity contribution in [3.63, 3.8) is 0 Å². The number of hydrogen-bond donors (Lipinski definition) is 0. The third kappa shape index (κ3) is 4.44. The van der Waals surface area contributed by atoms with Gasteiger partial charge < -0.3 is 4.74 Å². The Kier molecular flexibility index (Phi) is 4.93. The maximum atomic E-state index is 14.1. The molecule has 3 nitrogen and oxygen atoms in total. The average molecular weight is 347 g/mol. The summed E-state index contributed by atoms with van der Waals surface area (Å²) >= 11 is 0. The molecule has 2 rings (SSSR count). The summed E-state index contributed by atoms with van der Waals surface area (Å²) in [5.74, 6) is 0.609. The van der Waals surface area contributed by atoms with Gasteiger partial charge in [-0.3, -0.25) is 0 Å². The van der Waals surface area contributed by atoms with Gasteiger partial charge in [0.2, 0.25) is 10.1 Å². The molecule has 0 heterocycles. The Morgan fingerprint density at radius 3 is 2.09 bits per heavy atom. The second-order valence-electron chi connectivity index (χ2n) is 4.62. The van der Waals surface area contributed by atoms with E-state index in [1.54, 1.807) is 24.3 Å². The summed E-state index contributed by atoms with van der Waals surface area (Å²) in [4.78, 5) is -0.390. The van der Waals surface area contributed by atoms with Crippen LogP contribution in [0.2, 0.25) is 0 Å². The van der Waals surface area contributed by atoms with Crippen molar-refractivity contribution in [3.8, 4) is 5.75 Å². The average Bonchev–Trinajstić information content (AvgIpc) is 2.53. The Morgan fingerprint density at radius 2 is 1.61 bits per heavy atom. The molecule has 0 spiro atoms. The fourth-order valence-electron chi connectivity index (χ4n) is 1.77. The molecule has 23 heavy (non-hydrogen) atoms. The second kappa shape index (κ2) is 6.57. The van der Waals surface area contributed by atoms with Crippen LogP contribution in [-0.2, 0) is 22.8 Å². The molecular formula is C15H13F4NO2S. The topological polar surface area (TPSA) is 38.7 Å². The zero-order chi connectivity index (χ0) is 17.1. The van der Waals surface area contributed by atoms with Crippen LogP contribution < -0.4 is 4.74 Å². The summed E-state index contributed by atoms with van der Waals surface area (Å²) in [5, 5.41) is 0. The van der Waals surface area contributed by atoms with Gasteiger partial charge in [-0.1, -0.05) is 12.1 Å². The monoisotopic (exact) mass is 347 g/mol. The molecule has 0 fully saturated rings. The first-order valence-corrected chi connectivity index (χ1v) is 7.86. The fraction of sp³-hybridized carbons (Fsp3) is 0.200. The quantitative estimate of drug-likeness (QED) is 0.598. The van der Waals surface area contributed by atoms with E-state index in [2.05, 4.69) is 4.36 Å². The van der Waals surface area contributed by atoms with Crippen molar-refractivity contribution in [1.29, 1.82) is 0 Å². The molecular weight excluding hydrogens is 334 g/mol. The summed E-state index contributed by atoms with van der Waals surface area (Å²) < 4.78 is 71.8. The van der Waals surface area contributed by atoms with E-state index in [0.29, 0.717) is 23.4 Å². The maximum absolute atomic E-state index is 14.1. The van der Waals surface area contributed by atoms with E-state index in [4.69, 9.17) is 4.74 Å². The van der Waals surface area contributed by atoms with Crippen LogP contribution in [0.1, 0.15) is 11.1 Å². The second-order valence-corrected chi connectivity index (χ2v) is 6.26. The van der Waals surface area contributed by atoms with Crippen molar-refractivity contribution < 1.29 is 26.0 Å². The van der Waals surface area contributed by atoms with E-state index in [9.17, 15) is 21.3 Å². The SMILES string of the molecule is COc1ccc(CN=S(=O)(F)c2ccc(C(F)(F)F)cc2)cc1. The zero-order valence-electron chi connectivity index (χ0n) is 12.0. The Labute approximate surface area is 131 Å². The van der Waals surface area contributed by atoms with Gasteiger partial charge in [-0.25, -0.2) is 8.57 Å². The van der Waals surface area contributed by atoms with Crippen molar-refractivity contribution in [2.45, 2.75) is 17.6 Å². The first-order valence-electron chi connectivity index (χ1n) is 6.45. The molecule has 0 bridgehead atoms. The predicted molar refractivity (Wildman–Crippen MR) is 78.1 cm³/mol. The number of hydrogen-bond acceptors (Lipinski definition) is 3. The lowest BCUT2D eigenvalue weighted by Crippen LogP contribution is -2.05. The molecule has 2 aromatic carbocycles. The van der Waals surface area contributed by atoms with Gasteiger partial charge in [-0.05, 0) is 42.0 Å². The number of nitrogens with zero attached hydrogens (tertiary/aromatic N) is 1. The van der Waals surface area contributed by atoms with Crippen molar-refractivity contribution in [2.24, 2.45) is 4.36 Å². The molecule has 0 amide bonds. The van der Waals surface area contributed by atoms with Gasteiger partial charge in [0.05, 0.1) is 24.1 Å². The van der Waals surface area contributed by atoms with Crippen LogP contribution in [0.4, 0.5) is 17.1 Å². The van der Waals surface area contributed by atoms with Gasteiger partial charge in [-0.2, -0.15) is 13.2 Å². The minimum atomic E-state index is -4.53. The lowest BCUT2D eigenvalue weighted by atomic mass is 10.2. The standard InChI is InChI=1S/C15H13F4NO2S/c1-22-13-6-2-11(3-7-13)10-20-23(19,21)14-8-4-12(5-9-14)15(16,17)18/h2-9H,10H2,1H3. The number of halogens is 4. The van der Waals surface area contributed by atoms with Crippen LogP contribution in [0.3, 0.4) is 0 Å². The molecule has 2 aromatic rings. The third-order valence-corrected chi connectivity index (χ3v) is 4.36. The maximum Gasteiger partial charge on any atom is 0.416 e. The third-order valence-electron chi connectivity index (χ3n) is 3.04. The van der Waals surface area contributed by atoms with Gasteiger partial charge in [0.25, 0.3) is 0 Å². The van der Waals surface area contributed by atoms with Crippen molar-refractivity contribution in [3.05, 3.63) is 59.7 Å². The molecule has 0 aliphatic rings. The van der Waals surface area contributed by atoms with Crippen molar-refractivity contribution in [1.82, 2.24) is 0 Å². The molecule has 1 unspecified atom stereocenters. The van der Waals surface area contributed by atoms with Crippen molar-refractivity contribution >= 4 is 10.1 Å². The molecule has 0 aliphatic carbocycles. The van der Waals surface area contributed by atoms with Crippen LogP contribution in [0, 0.1) is 0 Å². The van der Waals surface area contributed by atoms with Gasteiger partial charge >= 0.3 is 6.18 Å². The molecule has 0 aliphatic heterocycles. The largest absolute Gasteiger partial charge is 0.497 e. The van der Waals surface area contributed by atoms with Gasteiger partial charge in [0.15, 0.2) is 0 Å².